The van der Waals surface area contributed by atoms with Crippen LogP contribution in [-0.2, 0) is 11.0 Å². The van der Waals surface area contributed by atoms with Crippen LogP contribution in [0.4, 0.5) is 13.2 Å². The molecule has 5 nitrogen and oxygen atoms in total. The van der Waals surface area contributed by atoms with E-state index in [-0.39, 0.29) is 0 Å². The van der Waals surface area contributed by atoms with Crippen LogP contribution in [0.15, 0.2) is 59.8 Å². The molecule has 0 radical (unpaired) electrons. The highest BCUT2D eigenvalue weighted by atomic mass is 19.4. The Balaban J connectivity index is 1.56. The summed E-state index contributed by atoms with van der Waals surface area (Å²) in [5, 5.41) is 4.77. The van der Waals surface area contributed by atoms with Gasteiger partial charge in [0.25, 0.3) is 5.91 Å². The number of hydrogen-bond acceptors (Lipinski definition) is 3. The molecule has 1 amide bonds. The molecule has 0 aliphatic heterocycles. The highest BCUT2D eigenvalue weighted by Gasteiger charge is 2.34. The number of carbonyl (C=O) groups excluding carboxylic acids is 1. The summed E-state index contributed by atoms with van der Waals surface area (Å²) < 4.78 is 43.5. The van der Waals surface area contributed by atoms with Gasteiger partial charge in [-0.15, -0.1) is 0 Å². The van der Waals surface area contributed by atoms with Gasteiger partial charge in [-0.2, -0.15) is 18.3 Å². The summed E-state index contributed by atoms with van der Waals surface area (Å²) in [6.07, 6.45) is -1.31. The molecule has 0 atom stereocenters. The van der Waals surface area contributed by atoms with E-state index < -0.39 is 30.0 Å². The molecule has 0 unspecified atom stereocenters. The molecule has 134 valence electrons. The number of carbonyl (C=O) groups is 1. The molecule has 2 N–H and O–H groups in total. The number of para-hydroxylation sites is 1. The maximum atomic E-state index is 12.8. The van der Waals surface area contributed by atoms with Crippen LogP contribution in [-0.4, -0.2) is 23.7 Å². The lowest BCUT2D eigenvalue weighted by Gasteiger charge is -2.12. The minimum absolute atomic E-state index is 0.406. The molecule has 0 saturated heterocycles. The predicted molar refractivity (Wildman–Crippen MR) is 91.0 cm³/mol. The van der Waals surface area contributed by atoms with E-state index in [0.717, 1.165) is 28.6 Å². The first-order chi connectivity index (χ1) is 12.4. The Morgan fingerprint density at radius 1 is 1.19 bits per heavy atom. The number of benzene rings is 2. The van der Waals surface area contributed by atoms with Crippen molar-refractivity contribution in [2.45, 2.75) is 6.18 Å². The van der Waals surface area contributed by atoms with Crippen LogP contribution in [0.3, 0.4) is 0 Å². The van der Waals surface area contributed by atoms with Crippen molar-refractivity contribution in [3.05, 3.63) is 65.9 Å². The van der Waals surface area contributed by atoms with Gasteiger partial charge in [0.05, 0.1) is 11.8 Å². The van der Waals surface area contributed by atoms with Crippen LogP contribution >= 0.6 is 0 Å². The van der Waals surface area contributed by atoms with Crippen molar-refractivity contribution in [2.75, 3.05) is 6.61 Å². The Morgan fingerprint density at radius 3 is 2.81 bits per heavy atom. The zero-order valence-electron chi connectivity index (χ0n) is 13.4. The smallest absolute Gasteiger partial charge is 0.419 e. The van der Waals surface area contributed by atoms with Crippen molar-refractivity contribution in [1.82, 2.24) is 10.4 Å². The Hall–Kier alpha value is -3.29. The van der Waals surface area contributed by atoms with E-state index in [1.165, 1.54) is 18.3 Å². The second-order valence-corrected chi connectivity index (χ2v) is 5.40. The number of ether oxygens (including phenoxy) is 1. The van der Waals surface area contributed by atoms with E-state index in [4.69, 9.17) is 4.74 Å². The lowest BCUT2D eigenvalue weighted by atomic mass is 10.2. The molecule has 0 bridgehead atoms. The molecule has 0 aliphatic carbocycles. The van der Waals surface area contributed by atoms with E-state index in [1.807, 2.05) is 30.5 Å². The third kappa shape index (κ3) is 4.21. The van der Waals surface area contributed by atoms with Crippen molar-refractivity contribution in [3.63, 3.8) is 0 Å². The van der Waals surface area contributed by atoms with Gasteiger partial charge in [-0.25, -0.2) is 5.43 Å². The molecule has 1 heterocycles. The van der Waals surface area contributed by atoms with Gasteiger partial charge in [-0.1, -0.05) is 18.2 Å². The van der Waals surface area contributed by atoms with E-state index in [0.29, 0.717) is 0 Å². The SMILES string of the molecule is O=C(COc1ccccc1C(F)(F)F)NN=Cc1ccc2[nH]ccc2c1. The predicted octanol–water partition coefficient (Wildman–Crippen LogP) is 3.72. The number of nitrogens with zero attached hydrogens (tertiary/aromatic N) is 1. The monoisotopic (exact) mass is 361 g/mol. The minimum atomic E-state index is -4.55. The zero-order chi connectivity index (χ0) is 18.6. The van der Waals surface area contributed by atoms with Crippen LogP contribution in [0, 0.1) is 0 Å². The molecule has 1 aromatic heterocycles. The summed E-state index contributed by atoms with van der Waals surface area (Å²) in [5.41, 5.74) is 3.02. The summed E-state index contributed by atoms with van der Waals surface area (Å²) in [6.45, 7) is -0.582. The Morgan fingerprint density at radius 2 is 2.00 bits per heavy atom. The largest absolute Gasteiger partial charge is 0.483 e. The van der Waals surface area contributed by atoms with Crippen molar-refractivity contribution in [3.8, 4) is 5.75 Å². The Bertz CT molecular complexity index is 948. The number of hydrazone groups is 1. The summed E-state index contributed by atoms with van der Waals surface area (Å²) in [6, 6.07) is 12.2. The van der Waals surface area contributed by atoms with E-state index in [9.17, 15) is 18.0 Å². The fourth-order valence-electron chi connectivity index (χ4n) is 2.33. The van der Waals surface area contributed by atoms with E-state index in [2.05, 4.69) is 15.5 Å². The number of aromatic nitrogens is 1. The van der Waals surface area contributed by atoms with Crippen LogP contribution in [0.25, 0.3) is 10.9 Å². The fraction of sp³-hybridized carbons (Fsp3) is 0.111. The third-order valence-electron chi connectivity index (χ3n) is 3.53. The third-order valence-corrected chi connectivity index (χ3v) is 3.53. The second kappa shape index (κ2) is 7.30. The van der Waals surface area contributed by atoms with Crippen LogP contribution in [0.5, 0.6) is 5.75 Å². The van der Waals surface area contributed by atoms with Gasteiger partial charge in [-0.05, 0) is 41.3 Å². The molecular weight excluding hydrogens is 347 g/mol. The Labute approximate surface area is 146 Å². The standard InChI is InChI=1S/C18H14F3N3O2/c19-18(20,21)14-3-1-2-4-16(14)26-11-17(25)24-23-10-12-5-6-15-13(9-12)7-8-22-15/h1-10,22H,11H2,(H,24,25). The van der Waals surface area contributed by atoms with Crippen LogP contribution in [0.1, 0.15) is 11.1 Å². The first-order valence-electron chi connectivity index (χ1n) is 7.61. The maximum absolute atomic E-state index is 12.8. The summed E-state index contributed by atoms with van der Waals surface area (Å²) in [4.78, 5) is 14.8. The molecule has 2 aromatic carbocycles. The highest BCUT2D eigenvalue weighted by molar-refractivity contribution is 5.89. The van der Waals surface area contributed by atoms with Crippen molar-refractivity contribution < 1.29 is 22.7 Å². The number of rotatable bonds is 5. The number of fused-ring (bicyclic) bond motifs is 1. The van der Waals surface area contributed by atoms with Crippen molar-refractivity contribution in [1.29, 1.82) is 0 Å². The molecular formula is C18H14F3N3O2. The summed E-state index contributed by atoms with van der Waals surface area (Å²) in [7, 11) is 0. The highest BCUT2D eigenvalue weighted by Crippen LogP contribution is 2.35. The maximum Gasteiger partial charge on any atom is 0.419 e. The number of alkyl halides is 3. The van der Waals surface area contributed by atoms with Gasteiger partial charge in [0, 0.05) is 11.7 Å². The summed E-state index contributed by atoms with van der Waals surface area (Å²) >= 11 is 0. The number of aromatic amines is 1. The van der Waals surface area contributed by atoms with E-state index >= 15 is 0 Å². The quantitative estimate of drug-likeness (QED) is 0.537. The molecule has 0 saturated carbocycles. The van der Waals surface area contributed by atoms with Gasteiger partial charge in [0.15, 0.2) is 6.61 Å². The molecule has 0 spiro atoms. The molecule has 8 heteroatoms. The van der Waals surface area contributed by atoms with Crippen molar-refractivity contribution in [2.24, 2.45) is 5.10 Å². The van der Waals surface area contributed by atoms with Crippen LogP contribution < -0.4 is 10.2 Å². The number of hydrogen-bond donors (Lipinski definition) is 2. The zero-order valence-corrected chi connectivity index (χ0v) is 13.4. The molecule has 0 fully saturated rings. The van der Waals surface area contributed by atoms with E-state index in [1.54, 1.807) is 0 Å². The fourth-order valence-corrected chi connectivity index (χ4v) is 2.33. The first-order valence-corrected chi connectivity index (χ1v) is 7.61. The Kier molecular flexibility index (Phi) is 4.92. The number of H-pyrrole nitrogens is 1. The van der Waals surface area contributed by atoms with Gasteiger partial charge in [0.1, 0.15) is 5.75 Å². The van der Waals surface area contributed by atoms with Gasteiger partial charge >= 0.3 is 6.18 Å². The average Bonchev–Trinajstić information content (AvgIpc) is 3.07. The normalized spacial score (nSPS) is 11.8. The average molecular weight is 361 g/mol. The molecule has 3 rings (SSSR count). The van der Waals surface area contributed by atoms with Crippen molar-refractivity contribution >= 4 is 23.0 Å². The number of nitrogens with one attached hydrogen (secondary N) is 2. The molecule has 3 aromatic rings. The number of amides is 1. The summed E-state index contributed by atoms with van der Waals surface area (Å²) in [5.74, 6) is -1.07. The first kappa shape index (κ1) is 17.5. The molecule has 0 aliphatic rings. The molecule has 26 heavy (non-hydrogen) atoms. The van der Waals surface area contributed by atoms with Gasteiger partial charge in [0.2, 0.25) is 0 Å². The lowest BCUT2D eigenvalue weighted by molar-refractivity contribution is -0.139. The van der Waals surface area contributed by atoms with Gasteiger partial charge < -0.3 is 9.72 Å². The topological polar surface area (TPSA) is 66.5 Å². The van der Waals surface area contributed by atoms with Gasteiger partial charge in [-0.3, -0.25) is 4.79 Å². The minimum Gasteiger partial charge on any atom is -0.483 e. The second-order valence-electron chi connectivity index (χ2n) is 5.40. The number of halogens is 3. The van der Waals surface area contributed by atoms with Crippen LogP contribution in [0.2, 0.25) is 0 Å². The lowest BCUT2D eigenvalue weighted by Crippen LogP contribution is -2.25.